The maximum absolute atomic E-state index is 12.7. The third kappa shape index (κ3) is 4.74. The van der Waals surface area contributed by atoms with Crippen molar-refractivity contribution in [1.29, 1.82) is 0 Å². The van der Waals surface area contributed by atoms with Crippen LogP contribution in [0.5, 0.6) is 5.88 Å². The van der Waals surface area contributed by atoms with E-state index in [1.54, 1.807) is 36.0 Å². The molecule has 1 fully saturated rings. The van der Waals surface area contributed by atoms with Crippen molar-refractivity contribution in [3.05, 3.63) is 47.2 Å². The van der Waals surface area contributed by atoms with E-state index < -0.39 is 0 Å². The highest BCUT2D eigenvalue weighted by molar-refractivity contribution is 5.96. The summed E-state index contributed by atoms with van der Waals surface area (Å²) in [6.45, 7) is 5.35. The van der Waals surface area contributed by atoms with Gasteiger partial charge in [0.15, 0.2) is 12.3 Å². The molecule has 1 aliphatic rings. The molecule has 0 saturated carbocycles. The van der Waals surface area contributed by atoms with Gasteiger partial charge in [-0.15, -0.1) is 5.10 Å². The van der Waals surface area contributed by atoms with Crippen molar-refractivity contribution in [2.24, 2.45) is 7.05 Å². The Labute approximate surface area is 187 Å². The summed E-state index contributed by atoms with van der Waals surface area (Å²) in [5, 5.41) is 7.98. The molecule has 0 aliphatic carbocycles. The van der Waals surface area contributed by atoms with E-state index in [9.17, 15) is 9.59 Å². The fourth-order valence-corrected chi connectivity index (χ4v) is 4.13. The van der Waals surface area contributed by atoms with Crippen molar-refractivity contribution in [3.8, 4) is 5.88 Å². The van der Waals surface area contributed by atoms with Gasteiger partial charge in [-0.1, -0.05) is 12.8 Å². The fourth-order valence-electron chi connectivity index (χ4n) is 4.13. The zero-order valence-corrected chi connectivity index (χ0v) is 18.9. The maximum Gasteiger partial charge on any atom is 0.262 e. The number of carbonyl (C=O) groups excluding carboxylic acids is 2. The molecule has 3 aromatic rings. The number of nitrogens with one attached hydrogen (secondary N) is 1. The highest BCUT2D eigenvalue weighted by Gasteiger charge is 2.18. The van der Waals surface area contributed by atoms with Crippen LogP contribution in [-0.2, 0) is 11.8 Å². The Morgan fingerprint density at radius 3 is 2.44 bits per heavy atom. The molecule has 4 rings (SSSR count). The van der Waals surface area contributed by atoms with E-state index in [4.69, 9.17) is 4.74 Å². The van der Waals surface area contributed by atoms with Crippen molar-refractivity contribution < 1.29 is 14.3 Å². The van der Waals surface area contributed by atoms with Gasteiger partial charge in [-0.2, -0.15) is 0 Å². The van der Waals surface area contributed by atoms with Crippen LogP contribution in [-0.4, -0.2) is 51.2 Å². The molecule has 0 radical (unpaired) electrons. The molecule has 0 spiro atoms. The molecule has 8 heteroatoms. The molecule has 1 saturated heterocycles. The van der Waals surface area contributed by atoms with E-state index >= 15 is 0 Å². The SMILES string of the molecule is Cc1cc(C)c2c(OCC(=O)Nc3ccc(C(=O)N4CCCCCC4)cc3)nn(C)c2n1. The summed E-state index contributed by atoms with van der Waals surface area (Å²) in [6.07, 6.45) is 4.48. The molecule has 32 heavy (non-hydrogen) atoms. The first kappa shape index (κ1) is 21.8. The Balaban J connectivity index is 1.37. The van der Waals surface area contributed by atoms with Crippen molar-refractivity contribution in [1.82, 2.24) is 19.7 Å². The molecular formula is C24H29N5O3. The summed E-state index contributed by atoms with van der Waals surface area (Å²) in [6, 6.07) is 8.97. The van der Waals surface area contributed by atoms with Gasteiger partial charge in [-0.3, -0.25) is 9.59 Å². The molecule has 3 heterocycles. The van der Waals surface area contributed by atoms with Crippen LogP contribution in [0.4, 0.5) is 5.69 Å². The van der Waals surface area contributed by atoms with Crippen molar-refractivity contribution in [3.63, 3.8) is 0 Å². The molecule has 0 unspecified atom stereocenters. The largest absolute Gasteiger partial charge is 0.466 e. The molecule has 2 amide bonds. The lowest BCUT2D eigenvalue weighted by Gasteiger charge is -2.20. The van der Waals surface area contributed by atoms with Gasteiger partial charge in [-0.25, -0.2) is 9.67 Å². The Hall–Kier alpha value is -3.42. The molecule has 2 aromatic heterocycles. The number of pyridine rings is 1. The Bertz CT molecular complexity index is 1130. The van der Waals surface area contributed by atoms with E-state index in [1.165, 1.54) is 12.8 Å². The topological polar surface area (TPSA) is 89.4 Å². The number of ether oxygens (including phenoxy) is 1. The summed E-state index contributed by atoms with van der Waals surface area (Å²) in [7, 11) is 1.80. The van der Waals surface area contributed by atoms with E-state index in [1.807, 2.05) is 24.8 Å². The van der Waals surface area contributed by atoms with Gasteiger partial charge in [0.05, 0.1) is 5.39 Å². The van der Waals surface area contributed by atoms with E-state index in [-0.39, 0.29) is 18.4 Å². The minimum atomic E-state index is -0.298. The average molecular weight is 436 g/mol. The van der Waals surface area contributed by atoms with Crippen LogP contribution in [0.1, 0.15) is 47.3 Å². The molecule has 8 nitrogen and oxygen atoms in total. The third-order valence-electron chi connectivity index (χ3n) is 5.74. The number of aromatic nitrogens is 3. The van der Waals surface area contributed by atoms with E-state index in [2.05, 4.69) is 15.4 Å². The van der Waals surface area contributed by atoms with E-state index in [0.29, 0.717) is 17.1 Å². The van der Waals surface area contributed by atoms with Crippen molar-refractivity contribution >= 4 is 28.5 Å². The Kier molecular flexibility index (Phi) is 6.39. The molecule has 1 N–H and O–H groups in total. The van der Waals surface area contributed by atoms with Crippen LogP contribution in [0, 0.1) is 13.8 Å². The molecule has 0 bridgehead atoms. The number of hydrogen-bond acceptors (Lipinski definition) is 5. The number of rotatable bonds is 5. The van der Waals surface area contributed by atoms with Crippen LogP contribution in [0.3, 0.4) is 0 Å². The predicted octanol–water partition coefficient (Wildman–Crippen LogP) is 3.62. The van der Waals surface area contributed by atoms with Crippen LogP contribution in [0.15, 0.2) is 30.3 Å². The average Bonchev–Trinajstić information content (AvgIpc) is 2.94. The normalized spacial score (nSPS) is 14.3. The maximum atomic E-state index is 12.7. The lowest BCUT2D eigenvalue weighted by Crippen LogP contribution is -2.31. The Morgan fingerprint density at radius 1 is 1.06 bits per heavy atom. The number of benzene rings is 1. The number of carbonyl (C=O) groups is 2. The minimum absolute atomic E-state index is 0.0503. The number of hydrogen-bond donors (Lipinski definition) is 1. The van der Waals surface area contributed by atoms with Crippen LogP contribution in [0.25, 0.3) is 11.0 Å². The number of nitrogens with zero attached hydrogens (tertiary/aromatic N) is 4. The number of likely N-dealkylation sites (tertiary alicyclic amines) is 1. The fraction of sp³-hybridized carbons (Fsp3) is 0.417. The first-order valence-electron chi connectivity index (χ1n) is 11.1. The predicted molar refractivity (Wildman–Crippen MR) is 123 cm³/mol. The highest BCUT2D eigenvalue weighted by Crippen LogP contribution is 2.27. The first-order valence-corrected chi connectivity index (χ1v) is 11.1. The van der Waals surface area contributed by atoms with Crippen LogP contribution in [0.2, 0.25) is 0 Å². The van der Waals surface area contributed by atoms with Crippen molar-refractivity contribution in [2.45, 2.75) is 39.5 Å². The summed E-state index contributed by atoms with van der Waals surface area (Å²) in [4.78, 5) is 31.5. The molecule has 1 aliphatic heterocycles. The number of fused-ring (bicyclic) bond motifs is 1. The van der Waals surface area contributed by atoms with Gasteiger partial charge >= 0.3 is 0 Å². The lowest BCUT2D eigenvalue weighted by molar-refractivity contribution is -0.118. The van der Waals surface area contributed by atoms with Gasteiger partial charge in [-0.05, 0) is 62.6 Å². The number of aryl methyl sites for hydroxylation is 3. The second-order valence-corrected chi connectivity index (χ2v) is 8.33. The van der Waals surface area contributed by atoms with Gasteiger partial charge in [0.25, 0.3) is 11.8 Å². The first-order chi connectivity index (χ1) is 15.4. The lowest BCUT2D eigenvalue weighted by atomic mass is 10.1. The van der Waals surface area contributed by atoms with Gasteiger partial charge in [0.1, 0.15) is 0 Å². The summed E-state index contributed by atoms with van der Waals surface area (Å²) in [5.74, 6) is 0.142. The van der Waals surface area contributed by atoms with Gasteiger partial charge < -0.3 is 15.0 Å². The summed E-state index contributed by atoms with van der Waals surface area (Å²) < 4.78 is 7.36. The van der Waals surface area contributed by atoms with E-state index in [0.717, 1.165) is 48.2 Å². The van der Waals surface area contributed by atoms with Crippen molar-refractivity contribution in [2.75, 3.05) is 25.0 Å². The molecule has 1 aromatic carbocycles. The second kappa shape index (κ2) is 9.38. The van der Waals surface area contributed by atoms with Gasteiger partial charge in [0.2, 0.25) is 5.88 Å². The number of amides is 2. The standard InChI is InChI=1S/C24H29N5O3/c1-16-14-17(2)25-22-21(16)23(27-28(22)3)32-15-20(30)26-19-10-8-18(9-11-19)24(31)29-12-6-4-5-7-13-29/h8-11,14H,4-7,12-13,15H2,1-3H3,(H,26,30). The van der Waals surface area contributed by atoms with Crippen LogP contribution < -0.4 is 10.1 Å². The zero-order chi connectivity index (χ0) is 22.7. The van der Waals surface area contributed by atoms with Crippen LogP contribution >= 0.6 is 0 Å². The molecular weight excluding hydrogens is 406 g/mol. The zero-order valence-electron chi connectivity index (χ0n) is 18.9. The molecule has 168 valence electrons. The third-order valence-corrected chi connectivity index (χ3v) is 5.74. The quantitative estimate of drug-likeness (QED) is 0.661. The Morgan fingerprint density at radius 2 is 1.75 bits per heavy atom. The number of anilines is 1. The van der Waals surface area contributed by atoms with Gasteiger partial charge in [0, 0.05) is 37.1 Å². The highest BCUT2D eigenvalue weighted by atomic mass is 16.5. The second-order valence-electron chi connectivity index (χ2n) is 8.33. The summed E-state index contributed by atoms with van der Waals surface area (Å²) >= 11 is 0. The summed E-state index contributed by atoms with van der Waals surface area (Å²) in [5.41, 5.74) is 3.88. The minimum Gasteiger partial charge on any atom is -0.466 e. The monoisotopic (exact) mass is 435 g/mol. The smallest absolute Gasteiger partial charge is 0.262 e. The molecule has 0 atom stereocenters.